The van der Waals surface area contributed by atoms with Crippen molar-refractivity contribution >= 4 is 30.1 Å². The summed E-state index contributed by atoms with van der Waals surface area (Å²) in [6.45, 7) is 5.68. The number of aliphatic imine (C=N–C) groups is 1. The number of nitrogens with zero attached hydrogens (tertiary/aromatic N) is 2. The Hall–Kier alpha value is -2.42. The fourth-order valence-corrected chi connectivity index (χ4v) is 3.40. The minimum absolute atomic E-state index is 0.277. The molecule has 1 aliphatic rings. The highest BCUT2D eigenvalue weighted by atomic mass is 35.5. The summed E-state index contributed by atoms with van der Waals surface area (Å²) in [5, 5.41) is 10.4. The normalized spacial score (nSPS) is 19.7. The zero-order valence-electron chi connectivity index (χ0n) is 14.5. The van der Waals surface area contributed by atoms with Gasteiger partial charge in [-0.05, 0) is 24.1 Å². The number of amidine groups is 1. The van der Waals surface area contributed by atoms with Gasteiger partial charge in [-0.1, -0.05) is 55.8 Å². The number of benzene rings is 1. The number of halogens is 1. The Balaban J connectivity index is 2.84. The quantitative estimate of drug-likeness (QED) is 0.512. The van der Waals surface area contributed by atoms with Crippen LogP contribution in [0.1, 0.15) is 31.2 Å². The van der Waals surface area contributed by atoms with Gasteiger partial charge in [0.1, 0.15) is 5.84 Å². The van der Waals surface area contributed by atoms with E-state index in [1.165, 1.54) is 0 Å². The Morgan fingerprint density at radius 2 is 2.15 bits per heavy atom. The van der Waals surface area contributed by atoms with E-state index in [1.54, 1.807) is 18.2 Å². The van der Waals surface area contributed by atoms with Gasteiger partial charge in [-0.2, -0.15) is 5.26 Å². The number of thiol groups is 1. The number of allylic oxidation sites excluding steroid dienone is 4. The Bertz CT molecular complexity index is 887. The maximum Gasteiger partial charge on any atom is 0.130 e. The van der Waals surface area contributed by atoms with Crippen molar-refractivity contribution in [1.29, 1.82) is 5.26 Å². The molecular weight excluding hydrogens is 364 g/mol. The molecule has 4 nitrogen and oxygen atoms in total. The van der Waals surface area contributed by atoms with Gasteiger partial charge in [-0.25, -0.2) is 4.99 Å². The second-order valence-electron chi connectivity index (χ2n) is 5.79. The number of hydrogen-bond donors (Lipinski definition) is 3. The standard InChI is InChI=1S/C20H21ClN4S/c1-3-7-15-13(11-22)17(12-9-5-6-10-14(12)21)18(20(24)25-15)19(23)16(26)8-4-2/h4-6,8-10,17,26H,2-3,7,23H2,1H3,(H2,24,25)/b16-8-,19-18-. The number of nitriles is 1. The van der Waals surface area contributed by atoms with Crippen LogP contribution in [0.3, 0.4) is 0 Å². The molecule has 0 fully saturated rings. The molecule has 0 saturated heterocycles. The minimum atomic E-state index is -0.492. The first-order valence-corrected chi connectivity index (χ1v) is 9.02. The van der Waals surface area contributed by atoms with Crippen LogP contribution in [0.4, 0.5) is 0 Å². The van der Waals surface area contributed by atoms with Crippen LogP contribution in [0, 0.1) is 11.3 Å². The molecule has 1 atom stereocenters. The zero-order valence-corrected chi connectivity index (χ0v) is 16.2. The maximum absolute atomic E-state index is 9.86. The highest BCUT2D eigenvalue weighted by Gasteiger charge is 2.33. The van der Waals surface area contributed by atoms with Crippen LogP contribution in [0.25, 0.3) is 0 Å². The summed E-state index contributed by atoms with van der Waals surface area (Å²) in [6, 6.07) is 9.65. The highest BCUT2D eigenvalue weighted by molar-refractivity contribution is 7.84. The van der Waals surface area contributed by atoms with Gasteiger partial charge in [-0.3, -0.25) is 0 Å². The Labute approximate surface area is 164 Å². The molecule has 134 valence electrons. The molecule has 0 saturated carbocycles. The topological polar surface area (TPSA) is 88.2 Å². The average molecular weight is 385 g/mol. The molecule has 1 aromatic rings. The number of rotatable bonds is 5. The van der Waals surface area contributed by atoms with Gasteiger partial charge in [-0.15, -0.1) is 12.6 Å². The lowest BCUT2D eigenvalue weighted by atomic mass is 9.80. The lowest BCUT2D eigenvalue weighted by Crippen LogP contribution is -2.29. The van der Waals surface area contributed by atoms with E-state index < -0.39 is 5.92 Å². The third-order valence-electron chi connectivity index (χ3n) is 4.08. The van der Waals surface area contributed by atoms with Gasteiger partial charge in [0.25, 0.3) is 0 Å². The molecule has 0 aromatic heterocycles. The maximum atomic E-state index is 9.86. The highest BCUT2D eigenvalue weighted by Crippen LogP contribution is 2.42. The van der Waals surface area contributed by atoms with Gasteiger partial charge >= 0.3 is 0 Å². The van der Waals surface area contributed by atoms with Crippen LogP contribution < -0.4 is 11.5 Å². The molecule has 0 spiro atoms. The van der Waals surface area contributed by atoms with Gasteiger partial charge in [0.05, 0.1) is 29.0 Å². The summed E-state index contributed by atoms with van der Waals surface area (Å²) in [6.07, 6.45) is 4.74. The fraction of sp³-hybridized carbons (Fsp3) is 0.200. The summed E-state index contributed by atoms with van der Waals surface area (Å²) in [4.78, 5) is 4.96. The van der Waals surface area contributed by atoms with Gasteiger partial charge in [0.2, 0.25) is 0 Å². The molecule has 0 aliphatic carbocycles. The minimum Gasteiger partial charge on any atom is -0.397 e. The van der Waals surface area contributed by atoms with Gasteiger partial charge in [0, 0.05) is 15.5 Å². The first kappa shape index (κ1) is 19.9. The van der Waals surface area contributed by atoms with Crippen LogP contribution in [0.15, 0.2) is 75.4 Å². The van der Waals surface area contributed by atoms with Crippen molar-refractivity contribution < 1.29 is 0 Å². The molecule has 1 aliphatic heterocycles. The predicted octanol–water partition coefficient (Wildman–Crippen LogP) is 4.58. The lowest BCUT2D eigenvalue weighted by Gasteiger charge is -2.28. The fourth-order valence-electron chi connectivity index (χ4n) is 2.93. The molecule has 0 radical (unpaired) electrons. The lowest BCUT2D eigenvalue weighted by molar-refractivity contribution is 0.834. The summed E-state index contributed by atoms with van der Waals surface area (Å²) in [5.41, 5.74) is 15.4. The molecule has 1 unspecified atom stereocenters. The monoisotopic (exact) mass is 384 g/mol. The molecule has 4 N–H and O–H groups in total. The van der Waals surface area contributed by atoms with Crippen LogP contribution in [0.5, 0.6) is 0 Å². The Morgan fingerprint density at radius 3 is 2.73 bits per heavy atom. The number of hydrogen-bond acceptors (Lipinski definition) is 5. The molecule has 0 amide bonds. The molecule has 6 heteroatoms. The number of nitrogens with two attached hydrogens (primary N) is 2. The van der Waals surface area contributed by atoms with E-state index in [4.69, 9.17) is 23.1 Å². The van der Waals surface area contributed by atoms with E-state index >= 15 is 0 Å². The third-order valence-corrected chi connectivity index (χ3v) is 4.82. The SMILES string of the molecule is C=C/C=C(S)/C(N)=C1/C(N)=NC(CCC)=C(C#N)C1c1ccccc1Cl. The Morgan fingerprint density at radius 1 is 1.46 bits per heavy atom. The predicted molar refractivity (Wildman–Crippen MR) is 112 cm³/mol. The summed E-state index contributed by atoms with van der Waals surface area (Å²) in [7, 11) is 0. The van der Waals surface area contributed by atoms with Crippen molar-refractivity contribution in [2.75, 3.05) is 0 Å². The van der Waals surface area contributed by atoms with Crippen LogP contribution in [0.2, 0.25) is 5.02 Å². The molecule has 0 bridgehead atoms. The van der Waals surface area contributed by atoms with Crippen LogP contribution >= 0.6 is 24.2 Å². The van der Waals surface area contributed by atoms with Gasteiger partial charge in [0.15, 0.2) is 0 Å². The van der Waals surface area contributed by atoms with Crippen molar-refractivity contribution in [1.82, 2.24) is 0 Å². The van der Waals surface area contributed by atoms with Crippen molar-refractivity contribution in [3.05, 3.63) is 81.0 Å². The van der Waals surface area contributed by atoms with E-state index in [9.17, 15) is 5.26 Å². The molecule has 2 rings (SSSR count). The second kappa shape index (κ2) is 8.79. The van der Waals surface area contributed by atoms with Crippen molar-refractivity contribution in [3.63, 3.8) is 0 Å². The van der Waals surface area contributed by atoms with Gasteiger partial charge < -0.3 is 11.5 Å². The third kappa shape index (κ3) is 3.87. The summed E-state index contributed by atoms with van der Waals surface area (Å²) in [5.74, 6) is -0.216. The average Bonchev–Trinajstić information content (AvgIpc) is 2.61. The van der Waals surface area contributed by atoms with Crippen molar-refractivity contribution in [2.24, 2.45) is 16.5 Å². The first-order valence-electron chi connectivity index (χ1n) is 8.20. The summed E-state index contributed by atoms with van der Waals surface area (Å²) >= 11 is 10.9. The molecular formula is C20H21ClN4S. The van der Waals surface area contributed by atoms with E-state index in [-0.39, 0.29) is 5.84 Å². The van der Waals surface area contributed by atoms with E-state index in [2.05, 4.69) is 30.3 Å². The first-order chi connectivity index (χ1) is 12.5. The van der Waals surface area contributed by atoms with E-state index in [1.807, 2.05) is 25.1 Å². The zero-order chi connectivity index (χ0) is 19.3. The van der Waals surface area contributed by atoms with E-state index in [0.717, 1.165) is 12.0 Å². The smallest absolute Gasteiger partial charge is 0.130 e. The van der Waals surface area contributed by atoms with E-state index in [0.29, 0.717) is 38.9 Å². The van der Waals surface area contributed by atoms with Crippen molar-refractivity contribution in [3.8, 4) is 6.07 Å². The molecule has 1 aromatic carbocycles. The van der Waals surface area contributed by atoms with Crippen LogP contribution in [-0.2, 0) is 0 Å². The van der Waals surface area contributed by atoms with Crippen LogP contribution in [-0.4, -0.2) is 5.84 Å². The largest absolute Gasteiger partial charge is 0.397 e. The van der Waals surface area contributed by atoms with Crippen molar-refractivity contribution in [2.45, 2.75) is 25.7 Å². The Kier molecular flexibility index (Phi) is 6.73. The molecule has 1 heterocycles. The summed E-state index contributed by atoms with van der Waals surface area (Å²) < 4.78 is 0. The molecule has 26 heavy (non-hydrogen) atoms. The second-order valence-corrected chi connectivity index (χ2v) is 6.68.